The zero-order valence-electron chi connectivity index (χ0n) is 14.9. The molecule has 0 radical (unpaired) electrons. The van der Waals surface area contributed by atoms with Gasteiger partial charge in [-0.1, -0.05) is 60.7 Å². The van der Waals surface area contributed by atoms with Gasteiger partial charge in [-0.2, -0.15) is 0 Å². The van der Waals surface area contributed by atoms with Crippen LogP contribution in [0.2, 0.25) is 0 Å². The van der Waals surface area contributed by atoms with Crippen LogP contribution in [-0.4, -0.2) is 29.1 Å². The fourth-order valence-electron chi connectivity index (χ4n) is 3.39. The number of hydrogen-bond donors (Lipinski definition) is 0. The van der Waals surface area contributed by atoms with E-state index < -0.39 is 0 Å². The van der Waals surface area contributed by atoms with Gasteiger partial charge in [0.15, 0.2) is 6.29 Å². The molecule has 0 saturated carbocycles. The third kappa shape index (κ3) is 3.87. The number of aryl methyl sites for hydroxylation is 1. The van der Waals surface area contributed by atoms with Gasteiger partial charge in [0.2, 0.25) is 0 Å². The van der Waals surface area contributed by atoms with Gasteiger partial charge in [0.1, 0.15) is 0 Å². The molecule has 1 fully saturated rings. The number of ether oxygens (including phenoxy) is 2. The molecular weight excluding hydrogens is 324 g/mol. The molecule has 134 valence electrons. The van der Waals surface area contributed by atoms with Gasteiger partial charge < -0.3 is 14.0 Å². The van der Waals surface area contributed by atoms with E-state index in [0.717, 1.165) is 49.4 Å². The zero-order valence-corrected chi connectivity index (χ0v) is 14.9. The standard InChI is InChI=1S/C22H24N2O2/c1-3-9-18(10-4-1)21-22(19-11-5-2-6-12-19)24(17-23-21)14-8-16-26-20-13-7-15-25-20/h1-6,9-12,17,20H,7-8,13-16H2. The Labute approximate surface area is 154 Å². The van der Waals surface area contributed by atoms with Crippen LogP contribution in [0.1, 0.15) is 19.3 Å². The van der Waals surface area contributed by atoms with Crippen LogP contribution < -0.4 is 0 Å². The minimum atomic E-state index is -0.00809. The molecule has 0 bridgehead atoms. The van der Waals surface area contributed by atoms with E-state index in [1.165, 1.54) is 5.56 Å². The topological polar surface area (TPSA) is 36.3 Å². The van der Waals surface area contributed by atoms with Crippen LogP contribution >= 0.6 is 0 Å². The maximum absolute atomic E-state index is 5.81. The first-order valence-corrected chi connectivity index (χ1v) is 9.31. The Morgan fingerprint density at radius 2 is 1.73 bits per heavy atom. The predicted octanol–water partition coefficient (Wildman–Crippen LogP) is 4.76. The average molecular weight is 348 g/mol. The molecule has 2 heterocycles. The summed E-state index contributed by atoms with van der Waals surface area (Å²) in [7, 11) is 0. The van der Waals surface area contributed by atoms with Gasteiger partial charge in [0.05, 0.1) is 24.3 Å². The monoisotopic (exact) mass is 348 g/mol. The van der Waals surface area contributed by atoms with Crippen LogP contribution in [0.5, 0.6) is 0 Å². The number of benzene rings is 2. The number of nitrogens with zero attached hydrogens (tertiary/aromatic N) is 2. The molecule has 0 N–H and O–H groups in total. The molecule has 0 spiro atoms. The highest BCUT2D eigenvalue weighted by Gasteiger charge is 2.16. The van der Waals surface area contributed by atoms with E-state index in [0.29, 0.717) is 6.61 Å². The lowest BCUT2D eigenvalue weighted by Gasteiger charge is -2.13. The maximum Gasteiger partial charge on any atom is 0.157 e. The summed E-state index contributed by atoms with van der Waals surface area (Å²) in [5.41, 5.74) is 4.51. The third-order valence-corrected chi connectivity index (χ3v) is 4.67. The molecule has 1 aromatic heterocycles. The molecule has 0 amide bonds. The van der Waals surface area contributed by atoms with Crippen molar-refractivity contribution in [3.05, 3.63) is 67.0 Å². The van der Waals surface area contributed by atoms with Gasteiger partial charge in [-0.05, 0) is 12.8 Å². The van der Waals surface area contributed by atoms with E-state index in [4.69, 9.17) is 14.5 Å². The van der Waals surface area contributed by atoms with E-state index in [-0.39, 0.29) is 6.29 Å². The normalized spacial score (nSPS) is 16.8. The van der Waals surface area contributed by atoms with Crippen LogP contribution in [-0.2, 0) is 16.0 Å². The third-order valence-electron chi connectivity index (χ3n) is 4.67. The van der Waals surface area contributed by atoms with Crippen LogP contribution in [0.3, 0.4) is 0 Å². The molecule has 1 unspecified atom stereocenters. The minimum absolute atomic E-state index is 0.00809. The molecule has 2 aromatic carbocycles. The van der Waals surface area contributed by atoms with Crippen molar-refractivity contribution < 1.29 is 9.47 Å². The van der Waals surface area contributed by atoms with E-state index in [9.17, 15) is 0 Å². The SMILES string of the molecule is c1ccc(-c2ncn(CCCOC3CCCO3)c2-c2ccccc2)cc1. The Kier molecular flexibility index (Phi) is 5.43. The molecule has 1 atom stereocenters. The second kappa shape index (κ2) is 8.30. The molecule has 1 aliphatic rings. The molecule has 3 aromatic rings. The number of hydrogen-bond acceptors (Lipinski definition) is 3. The Bertz CT molecular complexity index is 809. The lowest BCUT2D eigenvalue weighted by atomic mass is 10.0. The smallest absolute Gasteiger partial charge is 0.157 e. The van der Waals surface area contributed by atoms with Crippen molar-refractivity contribution >= 4 is 0 Å². The van der Waals surface area contributed by atoms with Gasteiger partial charge in [-0.3, -0.25) is 0 Å². The first-order chi connectivity index (χ1) is 12.9. The van der Waals surface area contributed by atoms with Crippen molar-refractivity contribution in [1.82, 2.24) is 9.55 Å². The Hall–Kier alpha value is -2.43. The van der Waals surface area contributed by atoms with E-state index in [1.807, 2.05) is 18.5 Å². The second-order valence-electron chi connectivity index (χ2n) is 6.53. The highest BCUT2D eigenvalue weighted by atomic mass is 16.7. The van der Waals surface area contributed by atoms with Gasteiger partial charge in [0, 0.05) is 30.7 Å². The maximum atomic E-state index is 5.81. The summed E-state index contributed by atoms with van der Waals surface area (Å²) in [6, 6.07) is 20.8. The molecular formula is C22H24N2O2. The molecule has 26 heavy (non-hydrogen) atoms. The molecule has 1 aliphatic heterocycles. The Balaban J connectivity index is 1.53. The summed E-state index contributed by atoms with van der Waals surface area (Å²) < 4.78 is 13.6. The largest absolute Gasteiger partial charge is 0.353 e. The van der Waals surface area contributed by atoms with Crippen molar-refractivity contribution in [2.45, 2.75) is 32.1 Å². The quantitative estimate of drug-likeness (QED) is 0.578. The summed E-state index contributed by atoms with van der Waals surface area (Å²) in [5.74, 6) is 0. The molecule has 4 heteroatoms. The van der Waals surface area contributed by atoms with Crippen LogP contribution in [0.4, 0.5) is 0 Å². The Morgan fingerprint density at radius 3 is 2.42 bits per heavy atom. The van der Waals surface area contributed by atoms with Gasteiger partial charge in [0.25, 0.3) is 0 Å². The first kappa shape index (κ1) is 17.0. The highest BCUT2D eigenvalue weighted by Crippen LogP contribution is 2.31. The number of aromatic nitrogens is 2. The van der Waals surface area contributed by atoms with Gasteiger partial charge >= 0.3 is 0 Å². The van der Waals surface area contributed by atoms with Gasteiger partial charge in [-0.25, -0.2) is 4.98 Å². The molecule has 4 nitrogen and oxygen atoms in total. The van der Waals surface area contributed by atoms with E-state index >= 15 is 0 Å². The summed E-state index contributed by atoms with van der Waals surface area (Å²) in [4.78, 5) is 4.72. The van der Waals surface area contributed by atoms with Crippen molar-refractivity contribution in [2.24, 2.45) is 0 Å². The zero-order chi connectivity index (χ0) is 17.6. The fourth-order valence-corrected chi connectivity index (χ4v) is 3.39. The molecule has 4 rings (SSSR count). The number of rotatable bonds is 7. The van der Waals surface area contributed by atoms with Crippen molar-refractivity contribution in [3.8, 4) is 22.5 Å². The lowest BCUT2D eigenvalue weighted by Crippen LogP contribution is -2.12. The van der Waals surface area contributed by atoms with Crippen molar-refractivity contribution in [1.29, 1.82) is 0 Å². The summed E-state index contributed by atoms with van der Waals surface area (Å²) in [6.45, 7) is 2.40. The highest BCUT2D eigenvalue weighted by molar-refractivity contribution is 5.78. The van der Waals surface area contributed by atoms with Crippen molar-refractivity contribution in [2.75, 3.05) is 13.2 Å². The fraction of sp³-hybridized carbons (Fsp3) is 0.318. The summed E-state index contributed by atoms with van der Waals surface area (Å²) in [6.07, 6.45) is 4.98. The summed E-state index contributed by atoms with van der Waals surface area (Å²) >= 11 is 0. The van der Waals surface area contributed by atoms with Crippen LogP contribution in [0.25, 0.3) is 22.5 Å². The second-order valence-corrected chi connectivity index (χ2v) is 6.53. The van der Waals surface area contributed by atoms with Gasteiger partial charge in [-0.15, -0.1) is 0 Å². The van der Waals surface area contributed by atoms with Crippen LogP contribution in [0.15, 0.2) is 67.0 Å². The van der Waals surface area contributed by atoms with Crippen LogP contribution in [0, 0.1) is 0 Å². The first-order valence-electron chi connectivity index (χ1n) is 9.31. The lowest BCUT2D eigenvalue weighted by molar-refractivity contribution is -0.111. The minimum Gasteiger partial charge on any atom is -0.353 e. The average Bonchev–Trinajstić information content (AvgIpc) is 3.36. The molecule has 1 saturated heterocycles. The van der Waals surface area contributed by atoms with E-state index in [1.54, 1.807) is 0 Å². The molecule has 0 aliphatic carbocycles. The summed E-state index contributed by atoms with van der Waals surface area (Å²) in [5, 5.41) is 0. The number of imidazole rings is 1. The predicted molar refractivity (Wildman–Crippen MR) is 103 cm³/mol. The van der Waals surface area contributed by atoms with E-state index in [2.05, 4.69) is 53.1 Å². The Morgan fingerprint density at radius 1 is 1.00 bits per heavy atom. The van der Waals surface area contributed by atoms with Crippen molar-refractivity contribution in [3.63, 3.8) is 0 Å².